The number of aryl methyl sites for hydroxylation is 3. The highest BCUT2D eigenvalue weighted by Crippen LogP contribution is 2.19. The van der Waals surface area contributed by atoms with Crippen molar-refractivity contribution in [2.24, 2.45) is 0 Å². The van der Waals surface area contributed by atoms with Gasteiger partial charge in [-0.3, -0.25) is 0 Å². The van der Waals surface area contributed by atoms with Crippen molar-refractivity contribution in [3.05, 3.63) is 104 Å². The predicted octanol–water partition coefficient (Wildman–Crippen LogP) is 8.60. The minimum absolute atomic E-state index is 0.686. The standard InChI is InChI=1S/C7H6Cl2.2C7H7Cl/c1-5-2-3-6(8)4-7(5)9;1-6-2-4-7(8)5-3-6;1-6-4-2-3-5-7(6)8/h2-4H,1H3;2*2-5H,1H3. The third-order valence-corrected chi connectivity index (χ3v) is 4.54. The monoisotopic (exact) mass is 412 g/mol. The van der Waals surface area contributed by atoms with Crippen molar-refractivity contribution in [2.75, 3.05) is 0 Å². The van der Waals surface area contributed by atoms with Crippen LogP contribution in [-0.2, 0) is 0 Å². The lowest BCUT2D eigenvalue weighted by Gasteiger charge is -1.94. The smallest absolute Gasteiger partial charge is 0.0449 e. The maximum Gasteiger partial charge on any atom is 0.0449 e. The molecule has 0 spiro atoms. The first-order chi connectivity index (χ1) is 11.8. The molecule has 0 aromatic heterocycles. The molecule has 0 fully saturated rings. The fourth-order valence-corrected chi connectivity index (χ4v) is 2.32. The Morgan fingerprint density at radius 2 is 1.04 bits per heavy atom. The molecule has 25 heavy (non-hydrogen) atoms. The van der Waals surface area contributed by atoms with Crippen LogP contribution in [0.5, 0.6) is 0 Å². The molecule has 0 N–H and O–H groups in total. The molecule has 0 heterocycles. The molecular formula is C21H20Cl4. The third kappa shape index (κ3) is 9.18. The highest BCUT2D eigenvalue weighted by Gasteiger charge is 1.92. The number of hydrogen-bond acceptors (Lipinski definition) is 0. The SMILES string of the molecule is Cc1ccc(Cl)cc1.Cc1ccc(Cl)cc1Cl.Cc1ccccc1Cl. The lowest BCUT2D eigenvalue weighted by molar-refractivity contribution is 1.47. The van der Waals surface area contributed by atoms with Crippen LogP contribution >= 0.6 is 46.4 Å². The molecule has 0 bridgehead atoms. The van der Waals surface area contributed by atoms with Crippen LogP contribution in [0.15, 0.2) is 66.7 Å². The van der Waals surface area contributed by atoms with Gasteiger partial charge in [0.25, 0.3) is 0 Å². The summed E-state index contributed by atoms with van der Waals surface area (Å²) in [5.74, 6) is 0. The fourth-order valence-electron chi connectivity index (χ4n) is 1.65. The second-order valence-corrected chi connectivity index (χ2v) is 7.13. The van der Waals surface area contributed by atoms with E-state index in [4.69, 9.17) is 46.4 Å². The molecule has 3 aromatic rings. The number of halogens is 4. The van der Waals surface area contributed by atoms with Gasteiger partial charge in [0.1, 0.15) is 0 Å². The Kier molecular flexibility index (Phi) is 10.0. The van der Waals surface area contributed by atoms with Gasteiger partial charge in [0.2, 0.25) is 0 Å². The molecule has 0 aliphatic carbocycles. The molecule has 0 nitrogen and oxygen atoms in total. The largest absolute Gasteiger partial charge is 0.0843 e. The lowest BCUT2D eigenvalue weighted by atomic mass is 10.2. The quantitative estimate of drug-likeness (QED) is 0.346. The predicted molar refractivity (Wildman–Crippen MR) is 114 cm³/mol. The Morgan fingerprint density at radius 1 is 0.520 bits per heavy atom. The van der Waals surface area contributed by atoms with Crippen molar-refractivity contribution >= 4 is 46.4 Å². The van der Waals surface area contributed by atoms with Gasteiger partial charge in [-0.05, 0) is 62.2 Å². The molecule has 0 amide bonds. The molecule has 0 radical (unpaired) electrons. The Labute approximate surface area is 170 Å². The Balaban J connectivity index is 0.000000188. The van der Waals surface area contributed by atoms with E-state index in [9.17, 15) is 0 Å². The molecule has 0 aliphatic rings. The van der Waals surface area contributed by atoms with Gasteiger partial charge < -0.3 is 0 Å². The summed E-state index contributed by atoms with van der Waals surface area (Å²) in [6.07, 6.45) is 0. The Morgan fingerprint density at radius 3 is 1.44 bits per heavy atom. The van der Waals surface area contributed by atoms with Crippen LogP contribution in [0.25, 0.3) is 0 Å². The van der Waals surface area contributed by atoms with Crippen molar-refractivity contribution in [1.29, 1.82) is 0 Å². The van der Waals surface area contributed by atoms with Crippen LogP contribution in [0.4, 0.5) is 0 Å². The van der Waals surface area contributed by atoms with Gasteiger partial charge in [0, 0.05) is 20.1 Å². The van der Waals surface area contributed by atoms with E-state index in [1.54, 1.807) is 6.07 Å². The molecule has 0 saturated heterocycles. The van der Waals surface area contributed by atoms with Crippen molar-refractivity contribution in [2.45, 2.75) is 20.8 Å². The summed E-state index contributed by atoms with van der Waals surface area (Å²) in [4.78, 5) is 0. The van der Waals surface area contributed by atoms with Gasteiger partial charge in [-0.1, -0.05) is 88.4 Å². The van der Waals surface area contributed by atoms with Gasteiger partial charge in [0.05, 0.1) is 0 Å². The second-order valence-electron chi connectivity index (χ2n) is 5.44. The zero-order chi connectivity index (χ0) is 18.8. The van der Waals surface area contributed by atoms with E-state index < -0.39 is 0 Å². The van der Waals surface area contributed by atoms with Crippen LogP contribution in [0, 0.1) is 20.8 Å². The fraction of sp³-hybridized carbons (Fsp3) is 0.143. The highest BCUT2D eigenvalue weighted by atomic mass is 35.5. The number of benzene rings is 3. The summed E-state index contributed by atoms with van der Waals surface area (Å²) in [6, 6.07) is 21.0. The maximum atomic E-state index is 5.73. The Hall–Kier alpha value is -1.18. The summed E-state index contributed by atoms with van der Waals surface area (Å²) in [5.41, 5.74) is 3.43. The van der Waals surface area contributed by atoms with Crippen molar-refractivity contribution in [3.8, 4) is 0 Å². The van der Waals surface area contributed by atoms with E-state index in [0.717, 1.165) is 26.2 Å². The average Bonchev–Trinajstić information content (AvgIpc) is 2.58. The van der Waals surface area contributed by atoms with Crippen molar-refractivity contribution in [3.63, 3.8) is 0 Å². The van der Waals surface area contributed by atoms with E-state index in [2.05, 4.69) is 0 Å². The maximum absolute atomic E-state index is 5.73. The molecule has 0 aliphatic heterocycles. The summed E-state index contributed by atoms with van der Waals surface area (Å²) in [5, 5.41) is 3.05. The Bertz CT molecular complexity index is 738. The number of rotatable bonds is 0. The average molecular weight is 414 g/mol. The van der Waals surface area contributed by atoms with Crippen LogP contribution in [-0.4, -0.2) is 0 Å². The molecule has 3 rings (SSSR count). The first kappa shape index (κ1) is 21.9. The van der Waals surface area contributed by atoms with Gasteiger partial charge in [-0.15, -0.1) is 0 Å². The van der Waals surface area contributed by atoms with Crippen LogP contribution < -0.4 is 0 Å². The van der Waals surface area contributed by atoms with Crippen LogP contribution in [0.1, 0.15) is 16.7 Å². The molecule has 0 unspecified atom stereocenters. The summed E-state index contributed by atoms with van der Waals surface area (Å²) < 4.78 is 0. The molecule has 0 saturated carbocycles. The van der Waals surface area contributed by atoms with Crippen molar-refractivity contribution in [1.82, 2.24) is 0 Å². The second kappa shape index (κ2) is 11.4. The van der Waals surface area contributed by atoms with Gasteiger partial charge >= 0.3 is 0 Å². The number of hydrogen-bond donors (Lipinski definition) is 0. The summed E-state index contributed by atoms with van der Waals surface area (Å²) >= 11 is 22.7. The minimum Gasteiger partial charge on any atom is -0.0843 e. The molecule has 3 aromatic carbocycles. The van der Waals surface area contributed by atoms with E-state index >= 15 is 0 Å². The van der Waals surface area contributed by atoms with Gasteiger partial charge in [0.15, 0.2) is 0 Å². The van der Waals surface area contributed by atoms with Gasteiger partial charge in [-0.25, -0.2) is 0 Å². The topological polar surface area (TPSA) is 0 Å². The van der Waals surface area contributed by atoms with E-state index in [-0.39, 0.29) is 0 Å². The van der Waals surface area contributed by atoms with Crippen LogP contribution in [0.3, 0.4) is 0 Å². The van der Waals surface area contributed by atoms with Crippen LogP contribution in [0.2, 0.25) is 20.1 Å². The molecule has 132 valence electrons. The first-order valence-electron chi connectivity index (χ1n) is 7.64. The molecular weight excluding hydrogens is 394 g/mol. The van der Waals surface area contributed by atoms with Crippen molar-refractivity contribution < 1.29 is 0 Å². The summed E-state index contributed by atoms with van der Waals surface area (Å²) in [7, 11) is 0. The van der Waals surface area contributed by atoms with E-state index in [1.165, 1.54) is 5.56 Å². The zero-order valence-corrected chi connectivity index (χ0v) is 17.4. The minimum atomic E-state index is 0.686. The van der Waals surface area contributed by atoms with E-state index in [0.29, 0.717) is 5.02 Å². The highest BCUT2D eigenvalue weighted by molar-refractivity contribution is 6.35. The molecule has 4 heteroatoms. The zero-order valence-electron chi connectivity index (χ0n) is 14.4. The molecule has 0 atom stereocenters. The summed E-state index contributed by atoms with van der Waals surface area (Å²) in [6.45, 7) is 5.97. The van der Waals surface area contributed by atoms with E-state index in [1.807, 2.05) is 81.4 Å². The normalized spacial score (nSPS) is 9.40. The van der Waals surface area contributed by atoms with Gasteiger partial charge in [-0.2, -0.15) is 0 Å². The first-order valence-corrected chi connectivity index (χ1v) is 9.15. The lowest BCUT2D eigenvalue weighted by Crippen LogP contribution is -1.71. The third-order valence-electron chi connectivity index (χ3n) is 3.22.